The van der Waals surface area contributed by atoms with Crippen molar-refractivity contribution in [3.63, 3.8) is 0 Å². The zero-order valence-electron chi connectivity index (χ0n) is 17.1. The predicted octanol–water partition coefficient (Wildman–Crippen LogP) is 4.73. The number of nitrogens with zero attached hydrogens (tertiary/aromatic N) is 1. The third kappa shape index (κ3) is 2.42. The fourth-order valence-corrected chi connectivity index (χ4v) is 6.89. The molecule has 1 aliphatic heterocycles. The molecule has 4 nitrogen and oxygen atoms in total. The Kier molecular flexibility index (Phi) is 3.98. The van der Waals surface area contributed by atoms with Crippen molar-refractivity contribution in [2.24, 2.45) is 28.6 Å². The van der Waals surface area contributed by atoms with Gasteiger partial charge in [-0.2, -0.15) is 0 Å². The molecule has 0 aromatic carbocycles. The molecule has 4 heteroatoms. The minimum atomic E-state index is 0.137. The van der Waals surface area contributed by atoms with Gasteiger partial charge in [0.1, 0.15) is 5.75 Å². The number of carbonyl (C=O) groups is 1. The lowest BCUT2D eigenvalue weighted by Crippen LogP contribution is -2.52. The van der Waals surface area contributed by atoms with E-state index in [1.54, 1.807) is 13.3 Å². The standard InChI is InChI=1S/C24H30N2O2/c1-23-10-8-20-17(4-7-21-24(20,2)11-9-22(27)26-21)19(23)6-5-18(23)15-12-16(28-3)14-25-13-15/h5,7,12-14,17,19-20H,4,6,8-11H2,1-3H3,(H,26,27)/t17-,19-,20?,23?,24?/m0/s1. The highest BCUT2D eigenvalue weighted by Gasteiger charge is 2.57. The molecule has 3 aliphatic carbocycles. The number of nitrogens with one attached hydrogen (secondary N) is 1. The van der Waals surface area contributed by atoms with Crippen LogP contribution in [-0.4, -0.2) is 18.0 Å². The van der Waals surface area contributed by atoms with E-state index in [4.69, 9.17) is 4.74 Å². The number of fused-ring (bicyclic) bond motifs is 5. The number of amides is 1. The maximum absolute atomic E-state index is 11.9. The molecular formula is C24H30N2O2. The third-order valence-electron chi connectivity index (χ3n) is 8.45. The van der Waals surface area contributed by atoms with Crippen molar-refractivity contribution in [1.29, 1.82) is 0 Å². The SMILES string of the molecule is COc1cncc(C2=CC[C@H]3[C@@H]4CC=C5NC(=O)CCC5(C)C4CCC23C)c1. The normalized spacial score (nSPS) is 39.1. The zero-order valence-corrected chi connectivity index (χ0v) is 17.1. The van der Waals surface area contributed by atoms with Gasteiger partial charge < -0.3 is 10.1 Å². The van der Waals surface area contributed by atoms with Gasteiger partial charge in [0.2, 0.25) is 5.91 Å². The molecule has 3 unspecified atom stereocenters. The minimum Gasteiger partial charge on any atom is -0.495 e. The molecule has 1 saturated carbocycles. The number of rotatable bonds is 2. The highest BCUT2D eigenvalue weighted by molar-refractivity contribution is 5.79. The van der Waals surface area contributed by atoms with Gasteiger partial charge in [0.05, 0.1) is 13.3 Å². The van der Waals surface area contributed by atoms with Crippen molar-refractivity contribution in [1.82, 2.24) is 10.3 Å². The Morgan fingerprint density at radius 1 is 1.11 bits per heavy atom. The smallest absolute Gasteiger partial charge is 0.224 e. The third-order valence-corrected chi connectivity index (χ3v) is 8.45. The molecule has 1 aromatic heterocycles. The van der Waals surface area contributed by atoms with E-state index in [0.717, 1.165) is 25.0 Å². The van der Waals surface area contributed by atoms with Crippen LogP contribution in [0.5, 0.6) is 5.75 Å². The van der Waals surface area contributed by atoms with E-state index >= 15 is 0 Å². The summed E-state index contributed by atoms with van der Waals surface area (Å²) in [4.78, 5) is 16.3. The van der Waals surface area contributed by atoms with E-state index in [-0.39, 0.29) is 16.7 Å². The van der Waals surface area contributed by atoms with Crippen molar-refractivity contribution < 1.29 is 9.53 Å². The van der Waals surface area contributed by atoms with Crippen LogP contribution >= 0.6 is 0 Å². The second-order valence-corrected chi connectivity index (χ2v) is 9.62. The molecule has 0 bridgehead atoms. The topological polar surface area (TPSA) is 51.2 Å². The first kappa shape index (κ1) is 18.0. The van der Waals surface area contributed by atoms with Gasteiger partial charge >= 0.3 is 0 Å². The molecule has 4 aliphatic rings. The summed E-state index contributed by atoms with van der Waals surface area (Å²) in [5.41, 5.74) is 4.22. The Bertz CT molecular complexity index is 888. The first-order valence-electron chi connectivity index (χ1n) is 10.7. The molecule has 0 radical (unpaired) electrons. The van der Waals surface area contributed by atoms with Crippen LogP contribution in [0, 0.1) is 28.6 Å². The highest BCUT2D eigenvalue weighted by atomic mass is 16.5. The van der Waals surface area contributed by atoms with Gasteiger partial charge in [-0.1, -0.05) is 26.0 Å². The molecule has 1 N–H and O–H groups in total. The Morgan fingerprint density at radius 2 is 1.96 bits per heavy atom. The molecule has 28 heavy (non-hydrogen) atoms. The van der Waals surface area contributed by atoms with Crippen LogP contribution in [0.2, 0.25) is 0 Å². The Morgan fingerprint density at radius 3 is 2.79 bits per heavy atom. The molecule has 2 fully saturated rings. The van der Waals surface area contributed by atoms with Crippen molar-refractivity contribution in [2.45, 2.75) is 52.4 Å². The predicted molar refractivity (Wildman–Crippen MR) is 109 cm³/mol. The molecule has 0 spiro atoms. The quantitative estimate of drug-likeness (QED) is 0.809. The van der Waals surface area contributed by atoms with Crippen LogP contribution in [0.4, 0.5) is 0 Å². The summed E-state index contributed by atoms with van der Waals surface area (Å²) in [6.07, 6.45) is 14.9. The summed E-state index contributed by atoms with van der Waals surface area (Å²) in [7, 11) is 1.70. The Balaban J connectivity index is 1.47. The molecule has 5 atom stereocenters. The maximum Gasteiger partial charge on any atom is 0.224 e. The number of allylic oxidation sites excluding steroid dienone is 4. The molecule has 1 saturated heterocycles. The van der Waals surface area contributed by atoms with E-state index in [1.807, 2.05) is 6.20 Å². The van der Waals surface area contributed by atoms with Gasteiger partial charge in [-0.15, -0.1) is 0 Å². The van der Waals surface area contributed by atoms with Gasteiger partial charge in [-0.3, -0.25) is 9.78 Å². The average molecular weight is 379 g/mol. The van der Waals surface area contributed by atoms with Crippen LogP contribution in [0.3, 0.4) is 0 Å². The molecule has 5 rings (SSSR count). The number of methoxy groups -OCH3 is 1. The Labute approximate surface area is 167 Å². The number of ether oxygens (including phenoxy) is 1. The summed E-state index contributed by atoms with van der Waals surface area (Å²) >= 11 is 0. The van der Waals surface area contributed by atoms with Crippen molar-refractivity contribution in [3.8, 4) is 5.75 Å². The van der Waals surface area contributed by atoms with Gasteiger partial charge in [0.25, 0.3) is 0 Å². The first-order valence-corrected chi connectivity index (χ1v) is 10.7. The van der Waals surface area contributed by atoms with Gasteiger partial charge in [0.15, 0.2) is 0 Å². The van der Waals surface area contributed by atoms with Gasteiger partial charge in [-0.25, -0.2) is 0 Å². The van der Waals surface area contributed by atoms with Crippen LogP contribution in [-0.2, 0) is 4.79 Å². The van der Waals surface area contributed by atoms with E-state index in [0.29, 0.717) is 24.2 Å². The largest absolute Gasteiger partial charge is 0.495 e. The van der Waals surface area contributed by atoms with Crippen LogP contribution in [0.1, 0.15) is 57.9 Å². The highest BCUT2D eigenvalue weighted by Crippen LogP contribution is 2.65. The lowest BCUT2D eigenvalue weighted by molar-refractivity contribution is -0.124. The lowest BCUT2D eigenvalue weighted by Gasteiger charge is -2.57. The molecule has 1 aromatic rings. The van der Waals surface area contributed by atoms with Gasteiger partial charge in [0, 0.05) is 23.7 Å². The monoisotopic (exact) mass is 378 g/mol. The second-order valence-electron chi connectivity index (χ2n) is 9.62. The van der Waals surface area contributed by atoms with E-state index in [2.05, 4.69) is 42.4 Å². The summed E-state index contributed by atoms with van der Waals surface area (Å²) in [6, 6.07) is 2.13. The average Bonchev–Trinajstić information content (AvgIpc) is 3.06. The van der Waals surface area contributed by atoms with Crippen molar-refractivity contribution >= 4 is 11.5 Å². The molecule has 1 amide bonds. The molecular weight excluding hydrogens is 348 g/mol. The number of aromatic nitrogens is 1. The number of pyridine rings is 1. The van der Waals surface area contributed by atoms with E-state index in [1.165, 1.54) is 29.7 Å². The number of carbonyl (C=O) groups excluding carboxylic acids is 1. The maximum atomic E-state index is 11.9. The number of piperidine rings is 1. The van der Waals surface area contributed by atoms with Crippen LogP contribution in [0.25, 0.3) is 5.57 Å². The van der Waals surface area contributed by atoms with Gasteiger partial charge in [-0.05, 0) is 72.5 Å². The fraction of sp³-hybridized carbons (Fsp3) is 0.583. The summed E-state index contributed by atoms with van der Waals surface area (Å²) in [6.45, 7) is 4.86. The van der Waals surface area contributed by atoms with E-state index < -0.39 is 0 Å². The van der Waals surface area contributed by atoms with Crippen molar-refractivity contribution in [2.75, 3.05) is 7.11 Å². The van der Waals surface area contributed by atoms with Crippen molar-refractivity contribution in [3.05, 3.63) is 41.9 Å². The first-order chi connectivity index (χ1) is 13.5. The second kappa shape index (κ2) is 6.20. The fourth-order valence-electron chi connectivity index (χ4n) is 6.89. The Hall–Kier alpha value is -2.10. The van der Waals surface area contributed by atoms with Crippen LogP contribution in [0.15, 0.2) is 36.3 Å². The summed E-state index contributed by atoms with van der Waals surface area (Å²) < 4.78 is 5.42. The molecule has 2 heterocycles. The minimum absolute atomic E-state index is 0.137. The molecule has 148 valence electrons. The van der Waals surface area contributed by atoms with Crippen LogP contribution < -0.4 is 10.1 Å². The summed E-state index contributed by atoms with van der Waals surface area (Å²) in [5, 5.41) is 3.20. The number of hydrogen-bond donors (Lipinski definition) is 1. The zero-order chi connectivity index (χ0) is 19.5. The van der Waals surface area contributed by atoms with E-state index in [9.17, 15) is 4.79 Å². The summed E-state index contributed by atoms with van der Waals surface area (Å²) in [5.74, 6) is 3.05. The number of hydrogen-bond acceptors (Lipinski definition) is 3. The lowest BCUT2D eigenvalue weighted by atomic mass is 9.49.